The Morgan fingerprint density at radius 3 is 2.65 bits per heavy atom. The number of carbonyl (C=O) groups excluding carboxylic acids is 1. The third-order valence-electron chi connectivity index (χ3n) is 5.63. The molecule has 0 radical (unpaired) electrons. The van der Waals surface area contributed by atoms with Gasteiger partial charge in [-0.15, -0.1) is 0 Å². The Bertz CT molecular complexity index is 958. The molecule has 134 valence electrons. The van der Waals surface area contributed by atoms with Gasteiger partial charge < -0.3 is 9.88 Å². The van der Waals surface area contributed by atoms with Crippen molar-refractivity contribution in [2.45, 2.75) is 46.1 Å². The van der Waals surface area contributed by atoms with Crippen LogP contribution in [0, 0.1) is 20.8 Å². The molecule has 4 nitrogen and oxygen atoms in total. The van der Waals surface area contributed by atoms with E-state index in [1.54, 1.807) is 0 Å². The molecule has 1 aliphatic rings. The van der Waals surface area contributed by atoms with Gasteiger partial charge in [0.05, 0.1) is 11.7 Å². The summed E-state index contributed by atoms with van der Waals surface area (Å²) in [4.78, 5) is 23.4. The lowest BCUT2D eigenvalue weighted by molar-refractivity contribution is 0.0600. The smallest absolute Gasteiger partial charge is 0.271 e. The number of nitrogens with one attached hydrogen (secondary N) is 1. The summed E-state index contributed by atoms with van der Waals surface area (Å²) >= 11 is 0. The van der Waals surface area contributed by atoms with Gasteiger partial charge in [-0.05, 0) is 68.9 Å². The molecule has 3 heterocycles. The molecule has 0 bridgehead atoms. The number of hydrogen-bond donors (Lipinski definition) is 1. The number of aromatic amines is 1. The maximum atomic E-state index is 13.5. The van der Waals surface area contributed by atoms with Gasteiger partial charge in [0.15, 0.2) is 0 Å². The molecule has 0 unspecified atom stereocenters. The van der Waals surface area contributed by atoms with E-state index >= 15 is 0 Å². The van der Waals surface area contributed by atoms with E-state index in [0.717, 1.165) is 48.3 Å². The third kappa shape index (κ3) is 2.70. The molecule has 3 aromatic rings. The number of H-pyrrole nitrogens is 1. The van der Waals surface area contributed by atoms with Crippen LogP contribution in [0.25, 0.3) is 10.9 Å². The quantitative estimate of drug-likeness (QED) is 0.720. The zero-order valence-electron chi connectivity index (χ0n) is 15.7. The normalized spacial score (nSPS) is 17.7. The van der Waals surface area contributed by atoms with Crippen LogP contribution in [-0.4, -0.2) is 27.3 Å². The Hall–Kier alpha value is -2.62. The summed E-state index contributed by atoms with van der Waals surface area (Å²) in [5, 5.41) is 1.18. The average molecular weight is 347 g/mol. The number of carbonyl (C=O) groups is 1. The summed E-state index contributed by atoms with van der Waals surface area (Å²) in [7, 11) is 0. The van der Waals surface area contributed by atoms with Crippen molar-refractivity contribution >= 4 is 16.8 Å². The predicted molar refractivity (Wildman–Crippen MR) is 104 cm³/mol. The largest absolute Gasteiger partial charge is 0.350 e. The summed E-state index contributed by atoms with van der Waals surface area (Å²) in [5.74, 6) is 0.0906. The topological polar surface area (TPSA) is 49.0 Å². The summed E-state index contributed by atoms with van der Waals surface area (Å²) < 4.78 is 0. The van der Waals surface area contributed by atoms with Crippen molar-refractivity contribution in [3.63, 3.8) is 0 Å². The fourth-order valence-electron chi connectivity index (χ4n) is 4.21. The number of pyridine rings is 1. The number of amides is 1. The minimum Gasteiger partial charge on any atom is -0.350 e. The molecular formula is C22H25N3O. The van der Waals surface area contributed by atoms with Gasteiger partial charge in [0.25, 0.3) is 5.91 Å². The minimum atomic E-state index is 0.0606. The molecule has 1 aromatic carbocycles. The lowest BCUT2D eigenvalue weighted by Crippen LogP contribution is -2.39. The molecule has 4 rings (SSSR count). The summed E-state index contributed by atoms with van der Waals surface area (Å²) in [5.41, 5.74) is 6.22. The monoisotopic (exact) mass is 347 g/mol. The number of benzene rings is 1. The maximum Gasteiger partial charge on any atom is 0.271 e. The van der Waals surface area contributed by atoms with Gasteiger partial charge in [0.1, 0.15) is 5.69 Å². The first kappa shape index (κ1) is 16.8. The van der Waals surface area contributed by atoms with Crippen molar-refractivity contribution in [3.8, 4) is 0 Å². The fraction of sp³-hybridized carbons (Fsp3) is 0.364. The van der Waals surface area contributed by atoms with E-state index < -0.39 is 0 Å². The number of likely N-dealkylation sites (tertiary alicyclic amines) is 1. The third-order valence-corrected chi connectivity index (χ3v) is 5.63. The van der Waals surface area contributed by atoms with Crippen molar-refractivity contribution in [2.24, 2.45) is 0 Å². The summed E-state index contributed by atoms with van der Waals surface area (Å²) in [6, 6.07) is 10.3. The first-order valence-electron chi connectivity index (χ1n) is 9.38. The van der Waals surface area contributed by atoms with E-state index in [0.29, 0.717) is 0 Å². The first-order chi connectivity index (χ1) is 12.6. The number of nitrogens with zero attached hydrogens (tertiary/aromatic N) is 2. The number of fused-ring (bicyclic) bond motifs is 1. The van der Waals surface area contributed by atoms with E-state index in [1.807, 2.05) is 29.3 Å². The van der Waals surface area contributed by atoms with Crippen molar-refractivity contribution in [1.29, 1.82) is 0 Å². The van der Waals surface area contributed by atoms with E-state index in [4.69, 9.17) is 0 Å². The van der Waals surface area contributed by atoms with Gasteiger partial charge in [-0.3, -0.25) is 9.78 Å². The van der Waals surface area contributed by atoms with Crippen LogP contribution in [-0.2, 0) is 0 Å². The highest BCUT2D eigenvalue weighted by Gasteiger charge is 2.31. The number of rotatable bonds is 2. The van der Waals surface area contributed by atoms with Crippen molar-refractivity contribution in [1.82, 2.24) is 14.9 Å². The molecule has 0 saturated carbocycles. The second-order valence-corrected chi connectivity index (χ2v) is 7.34. The molecule has 1 aliphatic heterocycles. The van der Waals surface area contributed by atoms with Gasteiger partial charge in [-0.1, -0.05) is 18.2 Å². The van der Waals surface area contributed by atoms with Gasteiger partial charge in [-0.25, -0.2) is 0 Å². The van der Waals surface area contributed by atoms with Crippen LogP contribution in [0.4, 0.5) is 0 Å². The SMILES string of the molecule is Cc1ccc(C)c2c(C)c(C(=O)N3CCCC[C@@H]3c3ccccn3)[nH]c12. The Morgan fingerprint density at radius 2 is 1.92 bits per heavy atom. The highest BCUT2D eigenvalue weighted by molar-refractivity contribution is 6.02. The second kappa shape index (κ2) is 6.60. The van der Waals surface area contributed by atoms with E-state index in [2.05, 4.69) is 42.9 Å². The number of piperidine rings is 1. The van der Waals surface area contributed by atoms with Crippen LogP contribution < -0.4 is 0 Å². The lowest BCUT2D eigenvalue weighted by Gasteiger charge is -2.35. The Labute approximate surface area is 154 Å². The van der Waals surface area contributed by atoms with Crippen molar-refractivity contribution < 1.29 is 4.79 Å². The molecule has 0 spiro atoms. The van der Waals surface area contributed by atoms with Crippen LogP contribution in [0.3, 0.4) is 0 Å². The highest BCUT2D eigenvalue weighted by Crippen LogP contribution is 2.33. The second-order valence-electron chi connectivity index (χ2n) is 7.34. The molecule has 2 aromatic heterocycles. The number of hydrogen-bond acceptors (Lipinski definition) is 2. The van der Waals surface area contributed by atoms with E-state index in [9.17, 15) is 4.79 Å². The van der Waals surface area contributed by atoms with Gasteiger partial charge in [-0.2, -0.15) is 0 Å². The molecule has 4 heteroatoms. The molecule has 1 atom stereocenters. The molecule has 1 fully saturated rings. The lowest BCUT2D eigenvalue weighted by atomic mass is 9.97. The maximum absolute atomic E-state index is 13.5. The van der Waals surface area contributed by atoms with Crippen LogP contribution in [0.15, 0.2) is 36.5 Å². The molecule has 1 saturated heterocycles. The van der Waals surface area contributed by atoms with Crippen molar-refractivity contribution in [2.75, 3.05) is 6.54 Å². The fourth-order valence-corrected chi connectivity index (χ4v) is 4.21. The van der Waals surface area contributed by atoms with Crippen LogP contribution in [0.1, 0.15) is 58.2 Å². The Kier molecular flexibility index (Phi) is 4.27. The average Bonchev–Trinajstić information content (AvgIpc) is 3.03. The van der Waals surface area contributed by atoms with Gasteiger partial charge in [0, 0.05) is 23.6 Å². The van der Waals surface area contributed by atoms with Crippen LogP contribution in [0.2, 0.25) is 0 Å². The first-order valence-corrected chi connectivity index (χ1v) is 9.38. The predicted octanol–water partition coefficient (Wildman–Crippen LogP) is 4.86. The van der Waals surface area contributed by atoms with E-state index in [1.165, 1.54) is 16.5 Å². The highest BCUT2D eigenvalue weighted by atomic mass is 16.2. The van der Waals surface area contributed by atoms with E-state index in [-0.39, 0.29) is 11.9 Å². The Morgan fingerprint density at radius 1 is 1.12 bits per heavy atom. The summed E-state index contributed by atoms with van der Waals surface area (Å²) in [6.45, 7) is 7.03. The molecule has 1 amide bonds. The van der Waals surface area contributed by atoms with Crippen LogP contribution in [0.5, 0.6) is 0 Å². The standard InChI is InChI=1S/C22H25N3O/c1-14-10-11-15(2)20-19(14)16(3)21(24-20)22(26)25-13-7-5-9-18(25)17-8-4-6-12-23-17/h4,6,8,10-12,18,24H,5,7,9,13H2,1-3H3/t18-/m1/s1. The molecule has 26 heavy (non-hydrogen) atoms. The minimum absolute atomic E-state index is 0.0606. The van der Waals surface area contributed by atoms with Gasteiger partial charge >= 0.3 is 0 Å². The molecular weight excluding hydrogens is 322 g/mol. The molecule has 1 N–H and O–H groups in total. The zero-order valence-corrected chi connectivity index (χ0v) is 15.7. The zero-order chi connectivity index (χ0) is 18.3. The number of aryl methyl sites for hydroxylation is 3. The van der Waals surface area contributed by atoms with Crippen molar-refractivity contribution in [3.05, 3.63) is 64.6 Å². The molecule has 0 aliphatic carbocycles. The summed E-state index contributed by atoms with van der Waals surface area (Å²) in [6.07, 6.45) is 4.97. The van der Waals surface area contributed by atoms with Gasteiger partial charge in [0.2, 0.25) is 0 Å². The number of aromatic nitrogens is 2. The van der Waals surface area contributed by atoms with Crippen LogP contribution >= 0.6 is 0 Å². The Balaban J connectivity index is 1.77.